The summed E-state index contributed by atoms with van der Waals surface area (Å²) < 4.78 is 1.10. The van der Waals surface area contributed by atoms with Gasteiger partial charge in [-0.25, -0.2) is 4.98 Å². The van der Waals surface area contributed by atoms with Crippen molar-refractivity contribution >= 4 is 33.8 Å². The maximum Gasteiger partial charge on any atom is 0.280 e. The van der Waals surface area contributed by atoms with Gasteiger partial charge in [0.2, 0.25) is 0 Å². The number of nitro benzene ring substituents is 1. The molecule has 1 N–H and O–H groups in total. The Labute approximate surface area is 110 Å². The first kappa shape index (κ1) is 11.9. The zero-order valence-corrected chi connectivity index (χ0v) is 10.8. The van der Waals surface area contributed by atoms with Crippen LogP contribution < -0.4 is 0 Å². The SMILES string of the molecule is O=[N+]([O-])c1ccccc1-c1ncc(Br)c(=S)[nH]1. The zero-order valence-electron chi connectivity index (χ0n) is 8.38. The molecule has 0 aliphatic carbocycles. The molecule has 5 nitrogen and oxygen atoms in total. The predicted molar refractivity (Wildman–Crippen MR) is 69.2 cm³/mol. The summed E-state index contributed by atoms with van der Waals surface area (Å²) in [7, 11) is 0. The van der Waals surface area contributed by atoms with Gasteiger partial charge in [0, 0.05) is 12.3 Å². The summed E-state index contributed by atoms with van der Waals surface area (Å²) in [5.41, 5.74) is 0.407. The van der Waals surface area contributed by atoms with E-state index in [-0.39, 0.29) is 5.69 Å². The molecule has 0 spiro atoms. The molecule has 2 rings (SSSR count). The standard InChI is InChI=1S/C10H6BrN3O2S/c11-7-5-12-9(13-10(7)17)6-3-1-2-4-8(6)14(15)16/h1-5H,(H,12,13,17). The van der Waals surface area contributed by atoms with E-state index in [1.807, 2.05) is 0 Å². The van der Waals surface area contributed by atoms with Crippen molar-refractivity contribution in [1.82, 2.24) is 9.97 Å². The Bertz CT molecular complexity index is 641. The van der Waals surface area contributed by atoms with E-state index < -0.39 is 4.92 Å². The number of nitrogens with zero attached hydrogens (tertiary/aromatic N) is 2. The molecule has 0 radical (unpaired) electrons. The van der Waals surface area contributed by atoms with Crippen LogP contribution in [0.2, 0.25) is 0 Å². The Morgan fingerprint density at radius 1 is 1.41 bits per heavy atom. The number of nitrogens with one attached hydrogen (secondary N) is 1. The molecular weight excluding hydrogens is 306 g/mol. The van der Waals surface area contributed by atoms with Gasteiger partial charge in [-0.15, -0.1) is 0 Å². The van der Waals surface area contributed by atoms with E-state index in [4.69, 9.17) is 12.2 Å². The molecule has 7 heteroatoms. The highest BCUT2D eigenvalue weighted by Crippen LogP contribution is 2.27. The highest BCUT2D eigenvalue weighted by atomic mass is 79.9. The molecule has 0 amide bonds. The molecule has 0 aliphatic rings. The molecule has 2 aromatic rings. The van der Waals surface area contributed by atoms with Crippen molar-refractivity contribution in [2.75, 3.05) is 0 Å². The second-order valence-electron chi connectivity index (χ2n) is 3.18. The van der Waals surface area contributed by atoms with E-state index >= 15 is 0 Å². The third kappa shape index (κ3) is 2.40. The van der Waals surface area contributed by atoms with Crippen molar-refractivity contribution in [2.45, 2.75) is 0 Å². The lowest BCUT2D eigenvalue weighted by molar-refractivity contribution is -0.384. The first-order valence-electron chi connectivity index (χ1n) is 4.58. The first-order chi connectivity index (χ1) is 8.09. The van der Waals surface area contributed by atoms with Crippen molar-refractivity contribution in [3.05, 3.63) is 49.7 Å². The van der Waals surface area contributed by atoms with Crippen molar-refractivity contribution in [3.63, 3.8) is 0 Å². The van der Waals surface area contributed by atoms with Crippen LogP contribution >= 0.6 is 28.1 Å². The van der Waals surface area contributed by atoms with Crippen LogP contribution in [0.5, 0.6) is 0 Å². The minimum atomic E-state index is -0.448. The summed E-state index contributed by atoms with van der Waals surface area (Å²) in [6.45, 7) is 0. The predicted octanol–water partition coefficient (Wildman–Crippen LogP) is 3.48. The number of aromatic amines is 1. The average Bonchev–Trinajstić information content (AvgIpc) is 2.32. The van der Waals surface area contributed by atoms with E-state index in [2.05, 4.69) is 25.9 Å². The lowest BCUT2D eigenvalue weighted by Crippen LogP contribution is -1.95. The van der Waals surface area contributed by atoms with Crippen LogP contribution in [0.15, 0.2) is 34.9 Å². The molecule has 1 aromatic heterocycles. The third-order valence-electron chi connectivity index (χ3n) is 2.11. The van der Waals surface area contributed by atoms with Gasteiger partial charge in [0.05, 0.1) is 15.0 Å². The van der Waals surface area contributed by atoms with Crippen molar-refractivity contribution < 1.29 is 4.92 Å². The quantitative estimate of drug-likeness (QED) is 0.523. The fraction of sp³-hybridized carbons (Fsp3) is 0. The molecule has 0 unspecified atom stereocenters. The minimum absolute atomic E-state index is 0.00651. The normalized spacial score (nSPS) is 10.2. The number of benzene rings is 1. The molecule has 0 bridgehead atoms. The van der Waals surface area contributed by atoms with Gasteiger partial charge in [-0.1, -0.05) is 24.4 Å². The third-order valence-corrected chi connectivity index (χ3v) is 3.30. The van der Waals surface area contributed by atoms with E-state index in [9.17, 15) is 10.1 Å². The topological polar surface area (TPSA) is 71.8 Å². The Morgan fingerprint density at radius 3 is 2.76 bits per heavy atom. The molecule has 0 saturated heterocycles. The fourth-order valence-electron chi connectivity index (χ4n) is 1.35. The Balaban J connectivity index is 2.64. The number of rotatable bonds is 2. The van der Waals surface area contributed by atoms with E-state index in [1.54, 1.807) is 18.2 Å². The van der Waals surface area contributed by atoms with Crippen LogP contribution in [-0.2, 0) is 0 Å². The average molecular weight is 312 g/mol. The largest absolute Gasteiger partial charge is 0.330 e. The Morgan fingerprint density at radius 2 is 2.12 bits per heavy atom. The highest BCUT2D eigenvalue weighted by Gasteiger charge is 2.15. The van der Waals surface area contributed by atoms with Gasteiger partial charge in [0.1, 0.15) is 10.5 Å². The number of aromatic nitrogens is 2. The van der Waals surface area contributed by atoms with E-state index in [1.165, 1.54) is 12.3 Å². The van der Waals surface area contributed by atoms with Gasteiger partial charge in [-0.2, -0.15) is 0 Å². The van der Waals surface area contributed by atoms with Crippen LogP contribution in [0.25, 0.3) is 11.4 Å². The highest BCUT2D eigenvalue weighted by molar-refractivity contribution is 9.10. The zero-order chi connectivity index (χ0) is 12.4. The van der Waals surface area contributed by atoms with Crippen molar-refractivity contribution in [2.24, 2.45) is 0 Å². The second kappa shape index (κ2) is 4.72. The number of para-hydroxylation sites is 1. The summed E-state index contributed by atoms with van der Waals surface area (Å²) in [6, 6.07) is 6.37. The molecule has 1 aromatic carbocycles. The summed E-state index contributed by atoms with van der Waals surface area (Å²) in [6.07, 6.45) is 1.52. The van der Waals surface area contributed by atoms with E-state index in [0.29, 0.717) is 20.5 Å². The molecule has 0 aliphatic heterocycles. The van der Waals surface area contributed by atoms with Crippen LogP contribution in [0, 0.1) is 14.8 Å². The van der Waals surface area contributed by atoms with Crippen molar-refractivity contribution in [3.8, 4) is 11.4 Å². The maximum atomic E-state index is 10.9. The second-order valence-corrected chi connectivity index (χ2v) is 4.45. The number of halogens is 1. The monoisotopic (exact) mass is 311 g/mol. The summed E-state index contributed by atoms with van der Waals surface area (Å²) >= 11 is 8.25. The van der Waals surface area contributed by atoms with Crippen LogP contribution in [0.3, 0.4) is 0 Å². The van der Waals surface area contributed by atoms with Gasteiger partial charge < -0.3 is 4.98 Å². The van der Waals surface area contributed by atoms with Crippen LogP contribution in [-0.4, -0.2) is 14.9 Å². The number of hydrogen-bond acceptors (Lipinski definition) is 4. The van der Waals surface area contributed by atoms with Gasteiger partial charge in [-0.05, 0) is 22.0 Å². The van der Waals surface area contributed by atoms with Crippen LogP contribution in [0.4, 0.5) is 5.69 Å². The van der Waals surface area contributed by atoms with Crippen LogP contribution in [0.1, 0.15) is 0 Å². The number of hydrogen-bond donors (Lipinski definition) is 1. The molecule has 17 heavy (non-hydrogen) atoms. The maximum absolute atomic E-state index is 10.9. The van der Waals surface area contributed by atoms with Gasteiger partial charge >= 0.3 is 0 Å². The molecular formula is C10H6BrN3O2S. The molecule has 0 fully saturated rings. The number of nitro groups is 1. The van der Waals surface area contributed by atoms with Gasteiger partial charge in [0.25, 0.3) is 5.69 Å². The lowest BCUT2D eigenvalue weighted by Gasteiger charge is -2.02. The first-order valence-corrected chi connectivity index (χ1v) is 5.78. The lowest BCUT2D eigenvalue weighted by atomic mass is 10.1. The minimum Gasteiger partial charge on any atom is -0.330 e. The van der Waals surface area contributed by atoms with E-state index in [0.717, 1.165) is 0 Å². The molecule has 0 saturated carbocycles. The summed E-state index contributed by atoms with van der Waals surface area (Å²) in [5.74, 6) is 0.380. The van der Waals surface area contributed by atoms with Crippen molar-refractivity contribution in [1.29, 1.82) is 0 Å². The fourth-order valence-corrected chi connectivity index (χ4v) is 1.70. The molecule has 0 atom stereocenters. The molecule has 86 valence electrons. The Hall–Kier alpha value is -1.60. The summed E-state index contributed by atoms with van der Waals surface area (Å²) in [4.78, 5) is 17.3. The van der Waals surface area contributed by atoms with Gasteiger partial charge in [0.15, 0.2) is 0 Å². The Kier molecular flexibility index (Phi) is 3.30. The molecule has 1 heterocycles. The smallest absolute Gasteiger partial charge is 0.280 e. The summed E-state index contributed by atoms with van der Waals surface area (Å²) in [5, 5.41) is 10.9. The van der Waals surface area contributed by atoms with Gasteiger partial charge in [-0.3, -0.25) is 10.1 Å². The number of H-pyrrole nitrogens is 1.